The third-order valence-electron chi connectivity index (χ3n) is 5.47. The first-order valence-corrected chi connectivity index (χ1v) is 11.9. The Morgan fingerprint density at radius 2 is 1.51 bits per heavy atom. The number of hydrogen-bond donors (Lipinski definition) is 0. The van der Waals surface area contributed by atoms with Crippen molar-refractivity contribution in [1.29, 1.82) is 0 Å². The molecule has 2 aromatic carbocycles. The summed E-state index contributed by atoms with van der Waals surface area (Å²) >= 11 is 0. The molecule has 0 bridgehead atoms. The van der Waals surface area contributed by atoms with Gasteiger partial charge in [0.05, 0.1) is 18.8 Å². The molecule has 3 rings (SSSR count). The van der Waals surface area contributed by atoms with Crippen molar-refractivity contribution in [2.75, 3.05) is 26.4 Å². The van der Waals surface area contributed by atoms with Gasteiger partial charge in [-0.25, -0.2) is 9.59 Å². The number of esters is 2. The molecule has 7 nitrogen and oxygen atoms in total. The number of ether oxygens (including phenoxy) is 3. The minimum absolute atomic E-state index is 0.303. The van der Waals surface area contributed by atoms with Crippen molar-refractivity contribution in [2.24, 2.45) is 5.41 Å². The number of carbonyl (C=O) groups is 2. The number of rotatable bonds is 10. The standard InChI is InChI=1S/C27H33BO7/c1-20(27(2,3)4)25(29)32-17-6-5-16-31-23-12-8-21(9-13-23)26(30)35-24-14-10-22(11-15-24)28-33-18-7-19-34-28/h8-15H,1,5-7,16-19H2,2-4H3. The maximum Gasteiger partial charge on any atom is 0.493 e. The van der Waals surface area contributed by atoms with Crippen LogP contribution in [-0.4, -0.2) is 45.5 Å². The molecule has 1 fully saturated rings. The van der Waals surface area contributed by atoms with Gasteiger partial charge in [0.2, 0.25) is 0 Å². The van der Waals surface area contributed by atoms with Gasteiger partial charge in [0.15, 0.2) is 0 Å². The summed E-state index contributed by atoms with van der Waals surface area (Å²) in [5, 5.41) is 0. The first-order chi connectivity index (χ1) is 16.7. The fourth-order valence-electron chi connectivity index (χ4n) is 3.18. The Balaban J connectivity index is 1.36. The van der Waals surface area contributed by atoms with Crippen LogP contribution in [0.25, 0.3) is 0 Å². The lowest BCUT2D eigenvalue weighted by molar-refractivity contribution is -0.140. The fourth-order valence-corrected chi connectivity index (χ4v) is 3.18. The normalized spacial score (nSPS) is 13.7. The summed E-state index contributed by atoms with van der Waals surface area (Å²) in [4.78, 5) is 24.4. The van der Waals surface area contributed by atoms with E-state index in [1.807, 2.05) is 32.9 Å². The highest BCUT2D eigenvalue weighted by Crippen LogP contribution is 2.24. The van der Waals surface area contributed by atoms with Gasteiger partial charge in [-0.2, -0.15) is 0 Å². The molecule has 0 amide bonds. The highest BCUT2D eigenvalue weighted by Gasteiger charge is 2.24. The predicted octanol–water partition coefficient (Wildman–Crippen LogP) is 4.34. The summed E-state index contributed by atoms with van der Waals surface area (Å²) in [6.45, 7) is 11.7. The predicted molar refractivity (Wildman–Crippen MR) is 134 cm³/mol. The fraction of sp³-hybridized carbons (Fsp3) is 0.407. The maximum absolute atomic E-state index is 12.4. The monoisotopic (exact) mass is 480 g/mol. The molecule has 0 atom stereocenters. The molecule has 186 valence electrons. The van der Waals surface area contributed by atoms with Crippen LogP contribution in [0.2, 0.25) is 0 Å². The molecule has 0 aromatic heterocycles. The van der Waals surface area contributed by atoms with E-state index in [0.717, 1.165) is 18.3 Å². The van der Waals surface area contributed by atoms with Crippen LogP contribution < -0.4 is 14.9 Å². The molecule has 0 spiro atoms. The van der Waals surface area contributed by atoms with Crippen LogP contribution in [0, 0.1) is 5.41 Å². The molecule has 8 heteroatoms. The van der Waals surface area contributed by atoms with Crippen LogP contribution in [0.5, 0.6) is 11.5 Å². The first-order valence-electron chi connectivity index (χ1n) is 11.9. The molecule has 35 heavy (non-hydrogen) atoms. The Hall–Kier alpha value is -3.10. The summed E-state index contributed by atoms with van der Waals surface area (Å²) in [5.74, 6) is 0.287. The Kier molecular flexibility index (Phi) is 9.51. The number of benzene rings is 2. The van der Waals surface area contributed by atoms with E-state index >= 15 is 0 Å². The zero-order chi connectivity index (χ0) is 25.3. The maximum atomic E-state index is 12.4. The lowest BCUT2D eigenvalue weighted by atomic mass is 9.78. The second kappa shape index (κ2) is 12.6. The molecule has 0 aliphatic carbocycles. The van der Waals surface area contributed by atoms with Gasteiger partial charge in [0.25, 0.3) is 0 Å². The van der Waals surface area contributed by atoms with Crippen LogP contribution in [0.3, 0.4) is 0 Å². The number of unbranched alkanes of at least 4 members (excludes halogenated alkanes) is 1. The van der Waals surface area contributed by atoms with Crippen molar-refractivity contribution in [3.8, 4) is 11.5 Å². The third-order valence-corrected chi connectivity index (χ3v) is 5.47. The molecule has 0 unspecified atom stereocenters. The average molecular weight is 480 g/mol. The van der Waals surface area contributed by atoms with Gasteiger partial charge in [-0.15, -0.1) is 0 Å². The van der Waals surface area contributed by atoms with Crippen LogP contribution in [0.1, 0.15) is 50.4 Å². The average Bonchev–Trinajstić information content (AvgIpc) is 2.86. The zero-order valence-corrected chi connectivity index (χ0v) is 20.7. The molecule has 2 aromatic rings. The van der Waals surface area contributed by atoms with E-state index in [1.54, 1.807) is 36.4 Å². The van der Waals surface area contributed by atoms with Gasteiger partial charge in [0.1, 0.15) is 11.5 Å². The Morgan fingerprint density at radius 3 is 2.14 bits per heavy atom. The molecule has 1 heterocycles. The van der Waals surface area contributed by atoms with Crippen LogP contribution in [0.15, 0.2) is 60.7 Å². The summed E-state index contributed by atoms with van der Waals surface area (Å²) < 4.78 is 27.6. The molecule has 1 aliphatic rings. The van der Waals surface area contributed by atoms with Crippen molar-refractivity contribution in [1.82, 2.24) is 0 Å². The van der Waals surface area contributed by atoms with E-state index in [1.165, 1.54) is 0 Å². The molecule has 0 radical (unpaired) electrons. The van der Waals surface area contributed by atoms with Crippen LogP contribution in [-0.2, 0) is 18.8 Å². The van der Waals surface area contributed by atoms with Crippen molar-refractivity contribution in [3.05, 3.63) is 66.2 Å². The Bertz CT molecular complexity index is 988. The van der Waals surface area contributed by atoms with E-state index in [-0.39, 0.29) is 18.5 Å². The minimum Gasteiger partial charge on any atom is -0.494 e. The summed E-state index contributed by atoms with van der Waals surface area (Å²) in [6.07, 6.45) is 2.30. The highest BCUT2D eigenvalue weighted by atomic mass is 16.6. The molecular formula is C27H33BO7. The molecule has 0 N–H and O–H groups in total. The van der Waals surface area contributed by atoms with Gasteiger partial charge in [-0.3, -0.25) is 0 Å². The van der Waals surface area contributed by atoms with Gasteiger partial charge in [0, 0.05) is 18.8 Å². The second-order valence-electron chi connectivity index (χ2n) is 9.33. The van der Waals surface area contributed by atoms with Crippen molar-refractivity contribution < 1.29 is 33.1 Å². The summed E-state index contributed by atoms with van der Waals surface area (Å²) in [6, 6.07) is 13.9. The molecule has 0 saturated carbocycles. The van der Waals surface area contributed by atoms with Crippen LogP contribution in [0.4, 0.5) is 0 Å². The lowest BCUT2D eigenvalue weighted by Gasteiger charge is -2.20. The summed E-state index contributed by atoms with van der Waals surface area (Å²) in [5.41, 5.74) is 1.47. The second-order valence-corrected chi connectivity index (χ2v) is 9.33. The van der Waals surface area contributed by atoms with E-state index < -0.39 is 5.97 Å². The Labute approximate surface area is 207 Å². The van der Waals surface area contributed by atoms with Gasteiger partial charge >= 0.3 is 19.1 Å². The van der Waals surface area contributed by atoms with Gasteiger partial charge in [-0.1, -0.05) is 39.5 Å². The van der Waals surface area contributed by atoms with E-state index in [4.69, 9.17) is 23.5 Å². The number of hydrogen-bond acceptors (Lipinski definition) is 7. The first kappa shape index (κ1) is 26.5. The molecular weight excluding hydrogens is 447 g/mol. The van der Waals surface area contributed by atoms with E-state index in [2.05, 4.69) is 6.58 Å². The largest absolute Gasteiger partial charge is 0.494 e. The van der Waals surface area contributed by atoms with Crippen LogP contribution >= 0.6 is 0 Å². The van der Waals surface area contributed by atoms with Crippen molar-refractivity contribution >= 4 is 24.5 Å². The number of carbonyl (C=O) groups excluding carboxylic acids is 2. The van der Waals surface area contributed by atoms with Gasteiger partial charge < -0.3 is 23.5 Å². The molecule has 1 aliphatic heterocycles. The van der Waals surface area contributed by atoms with E-state index in [9.17, 15) is 9.59 Å². The smallest absolute Gasteiger partial charge is 0.493 e. The highest BCUT2D eigenvalue weighted by molar-refractivity contribution is 6.61. The quantitative estimate of drug-likeness (QED) is 0.165. The third kappa shape index (κ3) is 8.26. The van der Waals surface area contributed by atoms with E-state index in [0.29, 0.717) is 55.5 Å². The topological polar surface area (TPSA) is 80.3 Å². The van der Waals surface area contributed by atoms with Crippen molar-refractivity contribution in [2.45, 2.75) is 40.0 Å². The Morgan fingerprint density at radius 1 is 0.914 bits per heavy atom. The summed E-state index contributed by atoms with van der Waals surface area (Å²) in [7, 11) is -0.371. The minimum atomic E-state index is -0.451. The van der Waals surface area contributed by atoms with Gasteiger partial charge in [-0.05, 0) is 66.5 Å². The lowest BCUT2D eigenvalue weighted by Crippen LogP contribution is -2.40. The zero-order valence-electron chi connectivity index (χ0n) is 20.7. The molecule has 1 saturated heterocycles. The van der Waals surface area contributed by atoms with Crippen molar-refractivity contribution in [3.63, 3.8) is 0 Å². The SMILES string of the molecule is C=C(C(=O)OCCCCOc1ccc(C(=O)Oc2ccc(B3OCCCO3)cc2)cc1)C(C)(C)C.